The van der Waals surface area contributed by atoms with Crippen molar-refractivity contribution in [1.29, 1.82) is 0 Å². The maximum absolute atomic E-state index is 12.5. The highest BCUT2D eigenvalue weighted by atomic mass is 16.5. The van der Waals surface area contributed by atoms with Gasteiger partial charge in [0.25, 0.3) is 0 Å². The zero-order valence-corrected chi connectivity index (χ0v) is 15.7. The molecule has 26 heavy (non-hydrogen) atoms. The second-order valence-electron chi connectivity index (χ2n) is 8.25. The van der Waals surface area contributed by atoms with Crippen LogP contribution < -0.4 is 4.74 Å². The molecule has 0 radical (unpaired) electrons. The molecule has 5 nitrogen and oxygen atoms in total. The van der Waals surface area contributed by atoms with Crippen molar-refractivity contribution in [2.75, 3.05) is 39.4 Å². The minimum absolute atomic E-state index is 0.162. The average Bonchev–Trinajstić information content (AvgIpc) is 3.43. The van der Waals surface area contributed by atoms with Crippen LogP contribution in [0.5, 0.6) is 5.75 Å². The molecule has 1 N–H and O–H groups in total. The molecule has 2 saturated heterocycles. The molecule has 2 heterocycles. The molecule has 3 fully saturated rings. The summed E-state index contributed by atoms with van der Waals surface area (Å²) in [7, 11) is 0. The van der Waals surface area contributed by atoms with Gasteiger partial charge in [-0.3, -0.25) is 9.69 Å². The van der Waals surface area contributed by atoms with Gasteiger partial charge in [-0.15, -0.1) is 0 Å². The lowest BCUT2D eigenvalue weighted by Gasteiger charge is -2.43. The minimum atomic E-state index is -0.163. The molecule has 3 aliphatic rings. The fourth-order valence-corrected chi connectivity index (χ4v) is 4.76. The molecule has 2 atom stereocenters. The van der Waals surface area contributed by atoms with Gasteiger partial charge in [0.2, 0.25) is 5.91 Å². The van der Waals surface area contributed by atoms with E-state index in [-0.39, 0.29) is 17.9 Å². The summed E-state index contributed by atoms with van der Waals surface area (Å²) in [6, 6.07) is 8.21. The van der Waals surface area contributed by atoms with Gasteiger partial charge in [-0.05, 0) is 44.7 Å². The van der Waals surface area contributed by atoms with Crippen LogP contribution in [0.1, 0.15) is 31.7 Å². The van der Waals surface area contributed by atoms with E-state index in [9.17, 15) is 9.90 Å². The maximum Gasteiger partial charge on any atom is 0.225 e. The van der Waals surface area contributed by atoms with Crippen LogP contribution in [-0.4, -0.2) is 60.2 Å². The highest BCUT2D eigenvalue weighted by Gasteiger charge is 2.51. The molecule has 1 amide bonds. The first-order valence-corrected chi connectivity index (χ1v) is 9.98. The molecule has 2 aliphatic heterocycles. The van der Waals surface area contributed by atoms with Gasteiger partial charge in [0.1, 0.15) is 5.75 Å². The molecule has 142 valence electrons. The molecule has 0 aromatic heterocycles. The Bertz CT molecular complexity index is 660. The third kappa shape index (κ3) is 3.35. The molecule has 0 bridgehead atoms. The largest absolute Gasteiger partial charge is 0.494 e. The monoisotopic (exact) mass is 358 g/mol. The second-order valence-corrected chi connectivity index (χ2v) is 8.25. The number of carbonyl (C=O) groups excluding carboxylic acids is 1. The Balaban J connectivity index is 1.46. The lowest BCUT2D eigenvalue weighted by atomic mass is 9.74. The molecular weight excluding hydrogens is 328 g/mol. The topological polar surface area (TPSA) is 53.0 Å². The van der Waals surface area contributed by atoms with Crippen molar-refractivity contribution in [2.45, 2.75) is 32.7 Å². The molecule has 1 aromatic rings. The van der Waals surface area contributed by atoms with Gasteiger partial charge in [0.15, 0.2) is 0 Å². The standard InChI is InChI=1S/C21H30N2O3/c1-2-26-19-6-4-3-5-17(19)11-22-10-9-18-12-23(20(25)16-7-8-16)14-21(18,13-22)15-24/h3-6,16,18,24H,2,7-15H2,1H3/t18-,21+/m0/s1. The quantitative estimate of drug-likeness (QED) is 0.847. The van der Waals surface area contributed by atoms with Crippen molar-refractivity contribution in [1.82, 2.24) is 9.80 Å². The molecule has 1 saturated carbocycles. The third-order valence-corrected chi connectivity index (χ3v) is 6.36. The Hall–Kier alpha value is -1.59. The van der Waals surface area contributed by atoms with Gasteiger partial charge in [0.05, 0.1) is 13.2 Å². The van der Waals surface area contributed by atoms with Crippen LogP contribution in [-0.2, 0) is 11.3 Å². The number of ether oxygens (including phenoxy) is 1. The Morgan fingerprint density at radius 2 is 2.08 bits per heavy atom. The van der Waals surface area contributed by atoms with Gasteiger partial charge in [-0.25, -0.2) is 0 Å². The predicted molar refractivity (Wildman–Crippen MR) is 99.8 cm³/mol. The van der Waals surface area contributed by atoms with Crippen molar-refractivity contribution in [3.63, 3.8) is 0 Å². The number of piperidine rings is 1. The number of likely N-dealkylation sites (tertiary alicyclic amines) is 2. The smallest absolute Gasteiger partial charge is 0.225 e. The number of benzene rings is 1. The number of nitrogens with zero attached hydrogens (tertiary/aromatic N) is 2. The van der Waals surface area contributed by atoms with Crippen LogP contribution in [0.4, 0.5) is 0 Å². The normalized spacial score (nSPS) is 28.8. The number of para-hydroxylation sites is 1. The Morgan fingerprint density at radius 3 is 2.81 bits per heavy atom. The summed E-state index contributed by atoms with van der Waals surface area (Å²) in [5.41, 5.74) is 1.04. The number of hydrogen-bond acceptors (Lipinski definition) is 4. The molecular formula is C21H30N2O3. The molecule has 1 aromatic carbocycles. The number of amides is 1. The zero-order valence-electron chi connectivity index (χ0n) is 15.7. The third-order valence-electron chi connectivity index (χ3n) is 6.36. The fraction of sp³-hybridized carbons (Fsp3) is 0.667. The van der Waals surface area contributed by atoms with Crippen molar-refractivity contribution in [2.24, 2.45) is 17.3 Å². The second kappa shape index (κ2) is 7.20. The van der Waals surface area contributed by atoms with Gasteiger partial charge in [-0.2, -0.15) is 0 Å². The van der Waals surface area contributed by atoms with Crippen LogP contribution in [0.25, 0.3) is 0 Å². The summed E-state index contributed by atoms with van der Waals surface area (Å²) < 4.78 is 5.77. The number of aliphatic hydroxyl groups excluding tert-OH is 1. The number of hydrogen-bond donors (Lipinski definition) is 1. The van der Waals surface area contributed by atoms with E-state index in [2.05, 4.69) is 17.0 Å². The van der Waals surface area contributed by atoms with Gasteiger partial charge in [0, 0.05) is 43.1 Å². The minimum Gasteiger partial charge on any atom is -0.494 e. The molecule has 0 unspecified atom stereocenters. The number of aliphatic hydroxyl groups is 1. The fourth-order valence-electron chi connectivity index (χ4n) is 4.76. The Morgan fingerprint density at radius 1 is 1.27 bits per heavy atom. The van der Waals surface area contributed by atoms with E-state index >= 15 is 0 Å². The van der Waals surface area contributed by atoms with Gasteiger partial charge >= 0.3 is 0 Å². The first-order chi connectivity index (χ1) is 12.6. The van der Waals surface area contributed by atoms with E-state index in [1.54, 1.807) is 0 Å². The van der Waals surface area contributed by atoms with Crippen LogP contribution in [0.15, 0.2) is 24.3 Å². The van der Waals surface area contributed by atoms with E-state index in [0.29, 0.717) is 25.0 Å². The highest BCUT2D eigenvalue weighted by Crippen LogP contribution is 2.44. The van der Waals surface area contributed by atoms with E-state index in [1.807, 2.05) is 24.0 Å². The molecule has 0 spiro atoms. The number of fused-ring (bicyclic) bond motifs is 1. The summed E-state index contributed by atoms with van der Waals surface area (Å²) in [5, 5.41) is 10.2. The summed E-state index contributed by atoms with van der Waals surface area (Å²) in [6.45, 7) is 7.08. The molecule has 1 aliphatic carbocycles. The maximum atomic E-state index is 12.5. The van der Waals surface area contributed by atoms with Crippen LogP contribution in [0.3, 0.4) is 0 Å². The van der Waals surface area contributed by atoms with E-state index in [1.165, 1.54) is 5.56 Å². The van der Waals surface area contributed by atoms with Crippen molar-refractivity contribution in [3.05, 3.63) is 29.8 Å². The summed E-state index contributed by atoms with van der Waals surface area (Å²) in [4.78, 5) is 17.0. The summed E-state index contributed by atoms with van der Waals surface area (Å²) >= 11 is 0. The van der Waals surface area contributed by atoms with E-state index in [0.717, 1.165) is 51.2 Å². The SMILES string of the molecule is CCOc1ccccc1CN1CC[C@H]2CN(C(=O)C3CC3)C[C@@]2(CO)C1. The molecule has 5 heteroatoms. The van der Waals surface area contributed by atoms with E-state index < -0.39 is 0 Å². The van der Waals surface area contributed by atoms with Crippen molar-refractivity contribution < 1.29 is 14.6 Å². The predicted octanol–water partition coefficient (Wildman–Crippen LogP) is 2.14. The molecule has 4 rings (SSSR count). The number of carbonyl (C=O) groups is 1. The Labute approximate surface area is 155 Å². The summed E-state index contributed by atoms with van der Waals surface area (Å²) in [5.74, 6) is 1.96. The van der Waals surface area contributed by atoms with Gasteiger partial charge in [-0.1, -0.05) is 18.2 Å². The first-order valence-electron chi connectivity index (χ1n) is 9.98. The van der Waals surface area contributed by atoms with Gasteiger partial charge < -0.3 is 14.7 Å². The van der Waals surface area contributed by atoms with Crippen LogP contribution >= 0.6 is 0 Å². The van der Waals surface area contributed by atoms with Crippen molar-refractivity contribution >= 4 is 5.91 Å². The van der Waals surface area contributed by atoms with Crippen LogP contribution in [0.2, 0.25) is 0 Å². The lowest BCUT2D eigenvalue weighted by molar-refractivity contribution is -0.132. The van der Waals surface area contributed by atoms with Crippen LogP contribution in [0, 0.1) is 17.3 Å². The first kappa shape index (κ1) is 17.8. The number of rotatable bonds is 6. The highest BCUT2D eigenvalue weighted by molar-refractivity contribution is 5.81. The van der Waals surface area contributed by atoms with Crippen molar-refractivity contribution in [3.8, 4) is 5.75 Å². The zero-order chi connectivity index (χ0) is 18.1. The Kier molecular flexibility index (Phi) is 4.93. The average molecular weight is 358 g/mol. The lowest BCUT2D eigenvalue weighted by Crippen LogP contribution is -2.50. The van der Waals surface area contributed by atoms with E-state index in [4.69, 9.17) is 4.74 Å². The summed E-state index contributed by atoms with van der Waals surface area (Å²) in [6.07, 6.45) is 3.14.